The molecule has 0 heterocycles. The summed E-state index contributed by atoms with van der Waals surface area (Å²) in [7, 11) is 3.26. The number of rotatable bonds is 6. The van der Waals surface area contributed by atoms with Gasteiger partial charge in [0.25, 0.3) is 11.6 Å². The number of amides is 1. The van der Waals surface area contributed by atoms with Gasteiger partial charge in [0.05, 0.1) is 4.92 Å². The summed E-state index contributed by atoms with van der Waals surface area (Å²) in [5, 5.41) is 13.9. The molecule has 0 aliphatic heterocycles. The molecule has 0 radical (unpaired) electrons. The average molecular weight is 275 g/mol. The molecule has 0 aromatic heterocycles. The zero-order chi connectivity index (χ0) is 15.1. The number of nitrogens with one attached hydrogen (secondary N) is 1. The third-order valence-electron chi connectivity index (χ3n) is 2.66. The lowest BCUT2D eigenvalue weighted by Crippen LogP contribution is -2.21. The van der Waals surface area contributed by atoms with E-state index in [-0.39, 0.29) is 11.6 Å². The predicted octanol–water partition coefficient (Wildman–Crippen LogP) is 2.12. The number of carbonyl (C=O) groups is 1. The van der Waals surface area contributed by atoms with Crippen molar-refractivity contribution in [2.75, 3.05) is 26.0 Å². The minimum atomic E-state index is -0.479. The fourth-order valence-electron chi connectivity index (χ4n) is 1.64. The average Bonchev–Trinajstić information content (AvgIpc) is 2.42. The van der Waals surface area contributed by atoms with Gasteiger partial charge in [-0.15, -0.1) is 12.3 Å². The van der Waals surface area contributed by atoms with E-state index in [0.717, 1.165) is 0 Å². The van der Waals surface area contributed by atoms with Crippen LogP contribution in [0.4, 0.5) is 11.4 Å². The van der Waals surface area contributed by atoms with Crippen molar-refractivity contribution >= 4 is 17.3 Å². The molecule has 1 rings (SSSR count). The van der Waals surface area contributed by atoms with E-state index in [1.807, 2.05) is 0 Å². The molecular weight excluding hydrogens is 258 g/mol. The number of carbonyl (C=O) groups excluding carboxylic acids is 1. The molecule has 0 bridgehead atoms. The largest absolute Gasteiger partial charge is 0.379 e. The van der Waals surface area contributed by atoms with Gasteiger partial charge in [-0.05, 0) is 18.6 Å². The zero-order valence-electron chi connectivity index (χ0n) is 11.5. The number of hydrogen-bond acceptors (Lipinski definition) is 4. The highest BCUT2D eigenvalue weighted by Gasteiger charge is 2.17. The molecule has 1 aromatic carbocycles. The number of hydrogen-bond donors (Lipinski definition) is 1. The van der Waals surface area contributed by atoms with Crippen molar-refractivity contribution in [1.82, 2.24) is 4.90 Å². The van der Waals surface area contributed by atoms with Crippen LogP contribution in [0, 0.1) is 22.5 Å². The molecule has 0 aliphatic rings. The molecule has 0 atom stereocenters. The molecule has 20 heavy (non-hydrogen) atoms. The summed E-state index contributed by atoms with van der Waals surface area (Å²) in [6, 6.07) is 4.28. The van der Waals surface area contributed by atoms with Crippen molar-refractivity contribution in [2.45, 2.75) is 12.8 Å². The van der Waals surface area contributed by atoms with Crippen molar-refractivity contribution in [3.8, 4) is 12.3 Å². The lowest BCUT2D eigenvalue weighted by atomic mass is 10.1. The second kappa shape index (κ2) is 7.14. The molecule has 1 N–H and O–H groups in total. The van der Waals surface area contributed by atoms with Crippen LogP contribution < -0.4 is 5.32 Å². The Kier molecular flexibility index (Phi) is 5.54. The molecule has 106 valence electrons. The smallest absolute Gasteiger partial charge is 0.292 e. The van der Waals surface area contributed by atoms with Crippen LogP contribution in [0.5, 0.6) is 0 Å². The minimum Gasteiger partial charge on any atom is -0.379 e. The number of unbranched alkanes of at least 4 members (excludes halogenated alkanes) is 1. The zero-order valence-corrected chi connectivity index (χ0v) is 11.5. The highest BCUT2D eigenvalue weighted by atomic mass is 16.6. The van der Waals surface area contributed by atoms with Crippen LogP contribution in [0.3, 0.4) is 0 Å². The van der Waals surface area contributed by atoms with Crippen LogP contribution in [0.2, 0.25) is 0 Å². The molecular formula is C14H17N3O3. The fraction of sp³-hybridized carbons (Fsp3) is 0.357. The van der Waals surface area contributed by atoms with Gasteiger partial charge in [0.2, 0.25) is 0 Å². The van der Waals surface area contributed by atoms with Gasteiger partial charge in [0, 0.05) is 38.7 Å². The van der Waals surface area contributed by atoms with Gasteiger partial charge in [0.1, 0.15) is 5.69 Å². The van der Waals surface area contributed by atoms with E-state index >= 15 is 0 Å². The summed E-state index contributed by atoms with van der Waals surface area (Å²) in [5.41, 5.74) is 0.681. The standard InChI is InChI=1S/C14H17N3O3/c1-4-5-6-9-15-12-10-11(14(18)16(2)3)7-8-13(12)17(19)20/h1,7-8,10,15H,5-6,9H2,2-3H3. The summed E-state index contributed by atoms with van der Waals surface area (Å²) in [6.45, 7) is 0.519. The number of nitrogens with zero attached hydrogens (tertiary/aromatic N) is 2. The van der Waals surface area contributed by atoms with E-state index in [1.165, 1.54) is 23.1 Å². The summed E-state index contributed by atoms with van der Waals surface area (Å²) >= 11 is 0. The number of anilines is 1. The third-order valence-corrected chi connectivity index (χ3v) is 2.66. The van der Waals surface area contributed by atoms with E-state index in [0.29, 0.717) is 30.6 Å². The second-order valence-corrected chi connectivity index (χ2v) is 4.42. The maximum absolute atomic E-state index is 11.9. The van der Waals surface area contributed by atoms with Gasteiger partial charge in [-0.3, -0.25) is 14.9 Å². The normalized spacial score (nSPS) is 9.65. The molecule has 0 spiro atoms. The number of benzene rings is 1. The van der Waals surface area contributed by atoms with Crippen LogP contribution in [0.25, 0.3) is 0 Å². The van der Waals surface area contributed by atoms with Gasteiger partial charge >= 0.3 is 0 Å². The summed E-state index contributed by atoms with van der Waals surface area (Å²) < 4.78 is 0. The van der Waals surface area contributed by atoms with Crippen molar-refractivity contribution < 1.29 is 9.72 Å². The van der Waals surface area contributed by atoms with Gasteiger partial charge in [-0.1, -0.05) is 0 Å². The van der Waals surface area contributed by atoms with Crippen molar-refractivity contribution in [3.05, 3.63) is 33.9 Å². The summed E-state index contributed by atoms with van der Waals surface area (Å²) in [4.78, 5) is 23.8. The Labute approximate surface area is 117 Å². The maximum Gasteiger partial charge on any atom is 0.292 e. The van der Waals surface area contributed by atoms with Crippen molar-refractivity contribution in [1.29, 1.82) is 0 Å². The summed E-state index contributed by atoms with van der Waals surface area (Å²) in [6.07, 6.45) is 6.45. The first-order chi connectivity index (χ1) is 9.47. The Morgan fingerprint density at radius 3 is 2.75 bits per heavy atom. The first-order valence-corrected chi connectivity index (χ1v) is 6.14. The number of terminal acetylenes is 1. The first-order valence-electron chi connectivity index (χ1n) is 6.14. The van der Waals surface area contributed by atoms with Crippen LogP contribution in [-0.2, 0) is 0 Å². The lowest BCUT2D eigenvalue weighted by molar-refractivity contribution is -0.384. The Bertz CT molecular complexity index is 547. The molecule has 0 unspecified atom stereocenters. The molecule has 6 heteroatoms. The SMILES string of the molecule is C#CCCCNc1cc(C(=O)N(C)C)ccc1[N+](=O)[O-]. The van der Waals surface area contributed by atoms with Crippen molar-refractivity contribution in [2.24, 2.45) is 0 Å². The maximum atomic E-state index is 11.9. The van der Waals surface area contributed by atoms with Crippen LogP contribution in [0.1, 0.15) is 23.2 Å². The number of nitro groups is 1. The molecule has 6 nitrogen and oxygen atoms in total. The molecule has 1 aromatic rings. The number of nitro benzene ring substituents is 1. The molecule has 0 aliphatic carbocycles. The van der Waals surface area contributed by atoms with Gasteiger partial charge in [0.15, 0.2) is 0 Å². The van der Waals surface area contributed by atoms with Crippen molar-refractivity contribution in [3.63, 3.8) is 0 Å². The fourth-order valence-corrected chi connectivity index (χ4v) is 1.64. The lowest BCUT2D eigenvalue weighted by Gasteiger charge is -2.12. The second-order valence-electron chi connectivity index (χ2n) is 4.42. The Morgan fingerprint density at radius 1 is 1.50 bits per heavy atom. The van der Waals surface area contributed by atoms with Crippen LogP contribution >= 0.6 is 0 Å². The molecule has 1 amide bonds. The molecule has 0 saturated heterocycles. The first kappa shape index (κ1) is 15.5. The minimum absolute atomic E-state index is 0.0546. The summed E-state index contributed by atoms with van der Waals surface area (Å²) in [5.74, 6) is 2.30. The highest BCUT2D eigenvalue weighted by molar-refractivity contribution is 5.95. The molecule has 0 saturated carbocycles. The highest BCUT2D eigenvalue weighted by Crippen LogP contribution is 2.26. The van der Waals surface area contributed by atoms with Gasteiger partial charge in [-0.25, -0.2) is 0 Å². The van der Waals surface area contributed by atoms with E-state index in [1.54, 1.807) is 14.1 Å². The molecule has 0 fully saturated rings. The van der Waals surface area contributed by atoms with E-state index < -0.39 is 4.92 Å². The van der Waals surface area contributed by atoms with E-state index in [4.69, 9.17) is 6.42 Å². The Balaban J connectivity index is 2.97. The Hall–Kier alpha value is -2.55. The topological polar surface area (TPSA) is 75.5 Å². The van der Waals surface area contributed by atoms with Gasteiger partial charge in [-0.2, -0.15) is 0 Å². The van der Waals surface area contributed by atoms with Gasteiger partial charge < -0.3 is 10.2 Å². The van der Waals surface area contributed by atoms with Crippen LogP contribution in [0.15, 0.2) is 18.2 Å². The van der Waals surface area contributed by atoms with E-state index in [2.05, 4.69) is 11.2 Å². The van der Waals surface area contributed by atoms with E-state index in [9.17, 15) is 14.9 Å². The predicted molar refractivity (Wildman–Crippen MR) is 77.7 cm³/mol. The van der Waals surface area contributed by atoms with Crippen LogP contribution in [-0.4, -0.2) is 36.4 Å². The Morgan fingerprint density at radius 2 is 2.20 bits per heavy atom. The quantitative estimate of drug-likeness (QED) is 0.373. The third kappa shape index (κ3) is 3.99. The monoisotopic (exact) mass is 275 g/mol.